The molecule has 0 radical (unpaired) electrons. The van der Waals surface area contributed by atoms with E-state index in [4.69, 9.17) is 5.73 Å². The standard InChI is InChI=1S/C12H15N5O2/c1-7(15-12(13)19)11(18)14-6-10-16-8-4-2-3-5-9(8)17-10/h2-5,7H,6H2,1H3,(H,14,18)(H,16,17)(H3,13,15,19)/t7-/m1/s1. The monoisotopic (exact) mass is 261 g/mol. The number of hydrogen-bond donors (Lipinski definition) is 4. The number of nitrogens with two attached hydrogens (primary N) is 1. The van der Waals surface area contributed by atoms with Crippen molar-refractivity contribution in [3.63, 3.8) is 0 Å². The second-order valence-electron chi connectivity index (χ2n) is 4.15. The number of hydrogen-bond acceptors (Lipinski definition) is 3. The highest BCUT2D eigenvalue weighted by molar-refractivity contribution is 5.86. The van der Waals surface area contributed by atoms with Gasteiger partial charge < -0.3 is 21.4 Å². The Hall–Kier alpha value is -2.57. The number of primary amides is 1. The van der Waals surface area contributed by atoms with E-state index in [1.54, 1.807) is 6.92 Å². The third kappa shape index (κ3) is 3.21. The predicted octanol–water partition coefficient (Wildman–Crippen LogP) is 0.236. The number of urea groups is 1. The van der Waals surface area contributed by atoms with E-state index in [0.29, 0.717) is 5.82 Å². The van der Waals surface area contributed by atoms with Gasteiger partial charge in [0.1, 0.15) is 11.9 Å². The number of para-hydroxylation sites is 2. The van der Waals surface area contributed by atoms with E-state index in [1.807, 2.05) is 24.3 Å². The van der Waals surface area contributed by atoms with Gasteiger partial charge in [-0.2, -0.15) is 0 Å². The van der Waals surface area contributed by atoms with Crippen LogP contribution in [0.4, 0.5) is 4.79 Å². The molecule has 19 heavy (non-hydrogen) atoms. The first-order chi connectivity index (χ1) is 9.06. The summed E-state index contributed by atoms with van der Waals surface area (Å²) in [4.78, 5) is 29.7. The molecule has 7 heteroatoms. The average molecular weight is 261 g/mol. The maximum Gasteiger partial charge on any atom is 0.312 e. The minimum atomic E-state index is -0.730. The largest absolute Gasteiger partial charge is 0.352 e. The van der Waals surface area contributed by atoms with Crippen LogP contribution in [-0.2, 0) is 11.3 Å². The van der Waals surface area contributed by atoms with E-state index in [2.05, 4.69) is 20.6 Å². The van der Waals surface area contributed by atoms with Crippen LogP contribution in [0.15, 0.2) is 24.3 Å². The van der Waals surface area contributed by atoms with E-state index in [9.17, 15) is 9.59 Å². The molecule has 0 aliphatic rings. The summed E-state index contributed by atoms with van der Waals surface area (Å²) in [5.74, 6) is 0.333. The van der Waals surface area contributed by atoms with Crippen molar-refractivity contribution in [3.8, 4) is 0 Å². The van der Waals surface area contributed by atoms with Gasteiger partial charge in [-0.05, 0) is 19.1 Å². The lowest BCUT2D eigenvalue weighted by molar-refractivity contribution is -0.122. The molecule has 0 aliphatic heterocycles. The fraction of sp³-hybridized carbons (Fsp3) is 0.250. The smallest absolute Gasteiger partial charge is 0.312 e. The minimum absolute atomic E-state index is 0.262. The number of imidazole rings is 1. The summed E-state index contributed by atoms with van der Waals surface area (Å²) < 4.78 is 0. The third-order valence-corrected chi connectivity index (χ3v) is 2.62. The van der Waals surface area contributed by atoms with Crippen LogP contribution in [0.1, 0.15) is 12.7 Å². The lowest BCUT2D eigenvalue weighted by atomic mass is 10.3. The molecule has 0 saturated heterocycles. The van der Waals surface area contributed by atoms with Gasteiger partial charge in [0.15, 0.2) is 0 Å². The van der Waals surface area contributed by atoms with Crippen LogP contribution in [-0.4, -0.2) is 27.9 Å². The number of nitrogens with zero attached hydrogens (tertiary/aromatic N) is 1. The van der Waals surface area contributed by atoms with E-state index in [1.165, 1.54) is 0 Å². The Bertz CT molecular complexity index is 574. The number of nitrogens with one attached hydrogen (secondary N) is 3. The van der Waals surface area contributed by atoms with Crippen molar-refractivity contribution in [1.29, 1.82) is 0 Å². The van der Waals surface area contributed by atoms with Crippen molar-refractivity contribution in [3.05, 3.63) is 30.1 Å². The number of H-pyrrole nitrogens is 1. The first kappa shape index (κ1) is 12.9. The zero-order chi connectivity index (χ0) is 13.8. The molecular weight excluding hydrogens is 246 g/mol. The lowest BCUT2D eigenvalue weighted by Crippen LogP contribution is -2.46. The number of aromatic amines is 1. The fourth-order valence-electron chi connectivity index (χ4n) is 1.69. The Labute approximate surface area is 109 Å². The highest BCUT2D eigenvalue weighted by Crippen LogP contribution is 2.09. The molecule has 1 aromatic heterocycles. The molecule has 7 nitrogen and oxygen atoms in total. The highest BCUT2D eigenvalue weighted by Gasteiger charge is 2.14. The van der Waals surface area contributed by atoms with Crippen molar-refractivity contribution in [2.45, 2.75) is 19.5 Å². The molecule has 0 unspecified atom stereocenters. The Balaban J connectivity index is 1.94. The molecule has 0 aliphatic carbocycles. The number of carbonyl (C=O) groups is 2. The molecule has 0 bridgehead atoms. The summed E-state index contributed by atoms with van der Waals surface area (Å²) in [6, 6.07) is 6.18. The van der Waals surface area contributed by atoms with E-state index >= 15 is 0 Å². The van der Waals surface area contributed by atoms with Crippen molar-refractivity contribution in [1.82, 2.24) is 20.6 Å². The molecule has 2 aromatic rings. The van der Waals surface area contributed by atoms with Gasteiger partial charge in [0, 0.05) is 0 Å². The van der Waals surface area contributed by atoms with Crippen molar-refractivity contribution in [2.75, 3.05) is 0 Å². The Kier molecular flexibility index (Phi) is 3.65. The lowest BCUT2D eigenvalue weighted by Gasteiger charge is -2.11. The summed E-state index contributed by atoms with van der Waals surface area (Å²) in [5, 5.41) is 4.96. The van der Waals surface area contributed by atoms with Crippen LogP contribution in [0.5, 0.6) is 0 Å². The molecule has 100 valence electrons. The SMILES string of the molecule is C[C@@H](NC(N)=O)C(=O)NCc1nc2ccccc2[nH]1. The van der Waals surface area contributed by atoms with Crippen molar-refractivity contribution < 1.29 is 9.59 Å². The highest BCUT2D eigenvalue weighted by atomic mass is 16.2. The van der Waals surface area contributed by atoms with Crippen LogP contribution in [0.3, 0.4) is 0 Å². The van der Waals surface area contributed by atoms with Gasteiger partial charge in [-0.25, -0.2) is 9.78 Å². The van der Waals surface area contributed by atoms with Crippen molar-refractivity contribution in [2.24, 2.45) is 5.73 Å². The van der Waals surface area contributed by atoms with Crippen LogP contribution >= 0.6 is 0 Å². The van der Waals surface area contributed by atoms with Gasteiger partial charge in [0.05, 0.1) is 17.6 Å². The number of benzene rings is 1. The zero-order valence-electron chi connectivity index (χ0n) is 10.4. The van der Waals surface area contributed by atoms with Crippen LogP contribution in [0.25, 0.3) is 11.0 Å². The van der Waals surface area contributed by atoms with E-state index in [0.717, 1.165) is 11.0 Å². The molecule has 0 fully saturated rings. The number of aromatic nitrogens is 2. The number of fused-ring (bicyclic) bond motifs is 1. The van der Waals surface area contributed by atoms with Gasteiger partial charge >= 0.3 is 6.03 Å². The summed E-state index contributed by atoms with van der Waals surface area (Å²) in [6.45, 7) is 1.82. The van der Waals surface area contributed by atoms with Gasteiger partial charge in [0.2, 0.25) is 5.91 Å². The van der Waals surface area contributed by atoms with Crippen LogP contribution in [0.2, 0.25) is 0 Å². The van der Waals surface area contributed by atoms with Gasteiger partial charge in [-0.3, -0.25) is 4.79 Å². The zero-order valence-corrected chi connectivity index (χ0v) is 10.4. The second-order valence-corrected chi connectivity index (χ2v) is 4.15. The second kappa shape index (κ2) is 5.38. The first-order valence-electron chi connectivity index (χ1n) is 5.83. The van der Waals surface area contributed by atoms with Crippen LogP contribution in [0, 0.1) is 0 Å². The molecule has 1 aromatic carbocycles. The maximum absolute atomic E-state index is 11.6. The quantitative estimate of drug-likeness (QED) is 0.632. The van der Waals surface area contributed by atoms with E-state index < -0.39 is 12.1 Å². The minimum Gasteiger partial charge on any atom is -0.352 e. The topological polar surface area (TPSA) is 113 Å². The molecule has 1 heterocycles. The molecule has 2 rings (SSSR count). The number of carbonyl (C=O) groups excluding carboxylic acids is 2. The Morgan fingerprint density at radius 1 is 1.42 bits per heavy atom. The average Bonchev–Trinajstić information content (AvgIpc) is 2.77. The fourth-order valence-corrected chi connectivity index (χ4v) is 1.69. The summed E-state index contributed by atoms with van der Waals surface area (Å²) in [5.41, 5.74) is 6.70. The molecule has 0 spiro atoms. The molecule has 5 N–H and O–H groups in total. The summed E-state index contributed by atoms with van der Waals surface area (Å²) in [6.07, 6.45) is 0. The number of amides is 3. The van der Waals surface area contributed by atoms with Gasteiger partial charge in [-0.1, -0.05) is 12.1 Å². The summed E-state index contributed by atoms with van der Waals surface area (Å²) in [7, 11) is 0. The molecule has 0 saturated carbocycles. The van der Waals surface area contributed by atoms with Gasteiger partial charge in [-0.15, -0.1) is 0 Å². The Morgan fingerprint density at radius 2 is 2.16 bits per heavy atom. The summed E-state index contributed by atoms with van der Waals surface area (Å²) >= 11 is 0. The van der Waals surface area contributed by atoms with E-state index in [-0.39, 0.29) is 12.5 Å². The first-order valence-corrected chi connectivity index (χ1v) is 5.83. The molecule has 1 atom stereocenters. The molecular formula is C12H15N5O2. The maximum atomic E-state index is 11.6. The predicted molar refractivity (Wildman–Crippen MR) is 70.1 cm³/mol. The van der Waals surface area contributed by atoms with Crippen molar-refractivity contribution >= 4 is 23.0 Å². The number of rotatable bonds is 4. The third-order valence-electron chi connectivity index (χ3n) is 2.62. The normalized spacial score (nSPS) is 12.1. The Morgan fingerprint density at radius 3 is 2.84 bits per heavy atom. The van der Waals surface area contributed by atoms with Gasteiger partial charge in [0.25, 0.3) is 0 Å². The molecule has 3 amide bonds. The van der Waals surface area contributed by atoms with Crippen LogP contribution < -0.4 is 16.4 Å².